The summed E-state index contributed by atoms with van der Waals surface area (Å²) in [5, 5.41) is 84.4. The van der Waals surface area contributed by atoms with E-state index in [1.165, 1.54) is 27.4 Å². The van der Waals surface area contributed by atoms with Gasteiger partial charge < -0.3 is 97.3 Å². The number of anilines is 3. The van der Waals surface area contributed by atoms with Gasteiger partial charge in [-0.1, -0.05) is 27.6 Å². The molecule has 38 nitrogen and oxygen atoms in total. The molecule has 6 amide bonds. The molecule has 5 aromatic rings. The Morgan fingerprint density at radius 1 is 0.619 bits per heavy atom. The van der Waals surface area contributed by atoms with Crippen molar-refractivity contribution in [1.82, 2.24) is 46.4 Å². The van der Waals surface area contributed by atoms with Gasteiger partial charge in [0.1, 0.15) is 63.6 Å². The number of carbonyl (C=O) groups is 12. The number of β-lactam (4-membered cyclic amide) rings is 1. The maximum Gasteiger partial charge on any atom is 0.355 e. The lowest BCUT2D eigenvalue weighted by atomic mass is 10.0. The summed E-state index contributed by atoms with van der Waals surface area (Å²) in [6.07, 6.45) is 6.66. The Hall–Kier alpha value is -11.1. The summed E-state index contributed by atoms with van der Waals surface area (Å²) in [4.78, 5) is 193. The normalized spacial score (nSPS) is 19.0. The van der Waals surface area contributed by atoms with Gasteiger partial charge in [-0.05, 0) is 41.5 Å². The van der Waals surface area contributed by atoms with Crippen LogP contribution in [0.2, 0.25) is 0 Å². The molecule has 1 saturated heterocycles. The lowest BCUT2D eigenvalue weighted by Crippen LogP contribution is -2.70. The van der Waals surface area contributed by atoms with E-state index in [1.54, 1.807) is 70.3 Å². The second-order valence-corrected chi connectivity index (χ2v) is 30.3. The molecule has 552 valence electrons. The van der Waals surface area contributed by atoms with Crippen LogP contribution in [0.25, 0.3) is 0 Å². The molecule has 105 heavy (non-hydrogen) atoms. The van der Waals surface area contributed by atoms with E-state index in [9.17, 15) is 73.5 Å². The van der Waals surface area contributed by atoms with Gasteiger partial charge in [0.25, 0.3) is 35.4 Å². The smallest absolute Gasteiger partial charge is 0.355 e. The molecule has 10 rings (SSSR count). The van der Waals surface area contributed by atoms with Crippen LogP contribution in [0.4, 0.5) is 15.4 Å². The van der Waals surface area contributed by atoms with Crippen molar-refractivity contribution < 1.29 is 111 Å². The van der Waals surface area contributed by atoms with Crippen molar-refractivity contribution in [3.05, 3.63) is 128 Å². The summed E-state index contributed by atoms with van der Waals surface area (Å²) in [5.41, 5.74) is -3.52. The number of carboxylic acids is 5. The fourth-order valence-electron chi connectivity index (χ4n) is 9.67. The van der Waals surface area contributed by atoms with Gasteiger partial charge in [0.2, 0.25) is 16.8 Å². The number of thiazole rings is 3. The third-order valence-corrected chi connectivity index (χ3v) is 21.6. The van der Waals surface area contributed by atoms with Crippen LogP contribution in [0.5, 0.6) is 0 Å². The van der Waals surface area contributed by atoms with Crippen molar-refractivity contribution >= 4 is 173 Å². The predicted molar refractivity (Wildman–Crippen MR) is 369 cm³/mol. The number of amides is 6. The largest absolute Gasteiger partial charge is 0.543 e. The molecule has 0 bridgehead atoms. The third kappa shape index (κ3) is 17.8. The lowest BCUT2D eigenvalue weighted by Gasteiger charge is -2.48. The van der Waals surface area contributed by atoms with Crippen LogP contribution in [0.1, 0.15) is 58.6 Å². The highest BCUT2D eigenvalue weighted by atomic mass is 32.2. The summed E-state index contributed by atoms with van der Waals surface area (Å²) < 4.78 is 8.44. The number of pyridine rings is 2. The van der Waals surface area contributed by atoms with Gasteiger partial charge in [0.15, 0.2) is 70.4 Å². The fourth-order valence-corrected chi connectivity index (χ4v) is 15.3. The second kappa shape index (κ2) is 31.9. The summed E-state index contributed by atoms with van der Waals surface area (Å²) in [6, 6.07) is 5.20. The number of cyclic esters (lactones) is 1. The number of rotatable bonds is 30. The lowest BCUT2D eigenvalue weighted by molar-refractivity contribution is -0.689. The van der Waals surface area contributed by atoms with Gasteiger partial charge in [-0.15, -0.1) is 69.3 Å². The van der Waals surface area contributed by atoms with E-state index in [2.05, 4.69) is 67.6 Å². The second-order valence-electron chi connectivity index (χ2n) is 24.3. The van der Waals surface area contributed by atoms with Crippen molar-refractivity contribution in [1.29, 1.82) is 0 Å². The number of fused-ring (bicyclic) bond motifs is 2. The molecule has 0 saturated carbocycles. The summed E-state index contributed by atoms with van der Waals surface area (Å²) in [5.74, 6) is -15.4. The first-order valence-corrected chi connectivity index (χ1v) is 36.5. The van der Waals surface area contributed by atoms with E-state index in [1.807, 2.05) is 0 Å². The SMILES string of the molecule is CC(C)(O/N=C(\C(=O)N[C@H](C(=O)Nc1nc(/C(=N/OC(C)(C)C(=O)O)C(=O)N[C@H](C(=O)Nc2nc(/C(=N/OC(C)(C)C(=O)O)C(=O)N[C@@H]3C(=O)N4C5=C(COC5=O)CS[C@H]34)cs2)[C@@H]2NC(C(=O)[O-])=C(C[n+]3ccccc3)CS2)cs1)[C@@H]1NC(C(=O)[O-])=C(C[n+]2ccccc2)CS1)c1csc(N)n1)C(=O)O. The quantitative estimate of drug-likeness (QED) is 0.00725. The predicted octanol–water partition coefficient (Wildman–Crippen LogP) is -2.84. The van der Waals surface area contributed by atoms with Gasteiger partial charge in [0.05, 0.1) is 23.3 Å². The summed E-state index contributed by atoms with van der Waals surface area (Å²) in [6.45, 7) is 6.63. The van der Waals surface area contributed by atoms with Crippen LogP contribution in [0, 0.1) is 0 Å². The zero-order valence-electron chi connectivity index (χ0n) is 55.5. The van der Waals surface area contributed by atoms with E-state index >= 15 is 9.59 Å². The number of nitrogen functional groups attached to an aromatic ring is 1. The Morgan fingerprint density at radius 2 is 1.03 bits per heavy atom. The number of aromatic nitrogens is 5. The van der Waals surface area contributed by atoms with Crippen molar-refractivity contribution in [3.63, 3.8) is 0 Å². The van der Waals surface area contributed by atoms with Crippen LogP contribution in [0.3, 0.4) is 0 Å². The highest BCUT2D eigenvalue weighted by molar-refractivity contribution is 8.00. The molecule has 12 N–H and O–H groups in total. The summed E-state index contributed by atoms with van der Waals surface area (Å²) in [7, 11) is 0. The molecular weight excluding hydrogens is 1500 g/mol. The highest BCUT2D eigenvalue weighted by Crippen LogP contribution is 2.43. The Balaban J connectivity index is 0.968. The Morgan fingerprint density at radius 3 is 1.43 bits per heavy atom. The van der Waals surface area contributed by atoms with E-state index in [0.717, 1.165) is 81.8 Å². The minimum Gasteiger partial charge on any atom is -0.543 e. The van der Waals surface area contributed by atoms with E-state index in [4.69, 9.17) is 25.0 Å². The van der Waals surface area contributed by atoms with Gasteiger partial charge in [-0.25, -0.2) is 43.3 Å². The molecule has 0 radical (unpaired) electrons. The van der Waals surface area contributed by atoms with Gasteiger partial charge in [-0.3, -0.25) is 33.7 Å². The molecule has 6 atom stereocenters. The first-order chi connectivity index (χ1) is 49.7. The van der Waals surface area contributed by atoms with E-state index < -0.39 is 162 Å². The monoisotopic (exact) mass is 1560 g/mol. The standard InChI is InChI=1S/C61H61N17O21S6/c1-59(2,53(90)91)97-73-34(29-23-103-56(62)63-29)41(79)66-37(46-69-32(50(85)86)26(20-100-46)17-76-13-9-7-10-14-76)44(82)71-57-64-30(24-104-57)35(74-98-60(3,4)54(92)93)42(80)67-38(47-70-33(51(87)88)27(21-101-47)18-77-15-11-8-12-16-77)45(83)72-58-65-31(25-105-58)36(75-99-61(5,6)55(94)95)43(81)68-39-48(84)78-40-28(19-96-52(40)89)22-102-49(39)78/h7-16,23-25,37-39,46-47,49,69-70H,17-22H2,1-6H3,(H10-2,62,63,64,65,66,67,68,71,72,79,80,81,82,83,85,86,87,88,90,91,92,93,94,95)/b73-34-,74-35-,75-36-/t37-,38-,39-,46-,47-,49-/m1/s1. The number of oxime groups is 3. The average Bonchev–Trinajstić information content (AvgIpc) is 1.70. The van der Waals surface area contributed by atoms with Crippen molar-refractivity contribution in [2.45, 2.75) is 106 Å². The molecule has 1 fully saturated rings. The molecule has 0 aliphatic carbocycles. The number of aliphatic carboxylic acids is 5. The van der Waals surface area contributed by atoms with Crippen molar-refractivity contribution in [3.8, 4) is 0 Å². The first-order valence-electron chi connectivity index (χ1n) is 30.7. The number of nitrogens with zero attached hydrogens (tertiary/aromatic N) is 9. The maximum atomic E-state index is 15.1. The molecule has 5 aliphatic rings. The molecule has 10 heterocycles. The zero-order valence-corrected chi connectivity index (χ0v) is 60.4. The van der Waals surface area contributed by atoms with Crippen molar-refractivity contribution in [2.75, 3.05) is 40.2 Å². The van der Waals surface area contributed by atoms with Gasteiger partial charge in [0, 0.05) is 74.4 Å². The van der Waals surface area contributed by atoms with Crippen LogP contribution >= 0.6 is 69.3 Å². The van der Waals surface area contributed by atoms with E-state index in [0.29, 0.717) is 39.6 Å². The van der Waals surface area contributed by atoms with Crippen LogP contribution in [-0.2, 0) is 89.9 Å². The number of hydrogen-bond donors (Lipinski definition) is 11. The topological polar surface area (TPSA) is 546 Å². The Bertz CT molecular complexity index is 4570. The van der Waals surface area contributed by atoms with Crippen LogP contribution in [0.15, 0.2) is 127 Å². The average molecular weight is 1560 g/mol. The van der Waals surface area contributed by atoms with E-state index in [-0.39, 0.29) is 64.1 Å². The number of ether oxygens (including phenoxy) is 1. The number of hydrogen-bond acceptors (Lipinski definition) is 33. The number of nitrogens with one attached hydrogen (secondary N) is 7. The third-order valence-electron chi connectivity index (χ3n) is 15.5. The van der Waals surface area contributed by atoms with Crippen LogP contribution in [-0.4, -0.2) is 198 Å². The minimum atomic E-state index is -2.21. The number of thioether (sulfide) groups is 3. The summed E-state index contributed by atoms with van der Waals surface area (Å²) >= 11 is 5.24. The van der Waals surface area contributed by atoms with Gasteiger partial charge >= 0.3 is 23.9 Å². The van der Waals surface area contributed by atoms with Gasteiger partial charge in [-0.2, -0.15) is 0 Å². The Labute approximate surface area is 617 Å². The fraction of sp³-hybridized carbons (Fsp3) is 0.344. The molecule has 0 unspecified atom stereocenters. The number of esters is 1. The molecular formula is C61H61N17O21S6. The molecule has 5 aliphatic heterocycles. The maximum absolute atomic E-state index is 15.1. The first kappa shape index (κ1) is 76.5. The molecule has 5 aromatic heterocycles. The van der Waals surface area contributed by atoms with Crippen molar-refractivity contribution in [2.24, 2.45) is 15.5 Å². The number of carboxylic acid groups (broad SMARTS) is 5. The molecule has 0 spiro atoms. The zero-order chi connectivity index (χ0) is 76.0. The highest BCUT2D eigenvalue weighted by Gasteiger charge is 2.56. The minimum absolute atomic E-state index is 0.00123. The number of carbonyl (C=O) groups excluding carboxylic acids is 9. The van der Waals surface area contributed by atoms with Crippen LogP contribution < -0.4 is 62.3 Å². The Kier molecular flexibility index (Phi) is 23.2. The number of nitrogens with two attached hydrogens (primary N) is 1. The molecule has 44 heteroatoms. The molecule has 0 aromatic carbocycles.